The maximum absolute atomic E-state index is 11.7. The highest BCUT2D eigenvalue weighted by atomic mass is 35.5. The average Bonchev–Trinajstić information content (AvgIpc) is 2.12. The van der Waals surface area contributed by atoms with Crippen molar-refractivity contribution in [2.75, 3.05) is 13.1 Å². The second-order valence-electron chi connectivity index (χ2n) is 4.16. The molecule has 4 heteroatoms. The summed E-state index contributed by atoms with van der Waals surface area (Å²) in [6.45, 7) is 2.01. The maximum atomic E-state index is 11.7. The fraction of sp³-hybridized carbons (Fsp3) is 0.900. The first-order valence-corrected chi connectivity index (χ1v) is 5.37. The van der Waals surface area contributed by atoms with Crippen LogP contribution < -0.4 is 10.6 Å². The first-order valence-electron chi connectivity index (χ1n) is 5.37. The van der Waals surface area contributed by atoms with Crippen LogP contribution >= 0.6 is 12.4 Å². The second kappa shape index (κ2) is 5.56. The van der Waals surface area contributed by atoms with E-state index in [9.17, 15) is 4.79 Å². The van der Waals surface area contributed by atoms with Gasteiger partial charge in [0.05, 0.1) is 0 Å². The van der Waals surface area contributed by atoms with Crippen molar-refractivity contribution in [3.05, 3.63) is 0 Å². The van der Waals surface area contributed by atoms with Crippen LogP contribution in [0.15, 0.2) is 0 Å². The number of carbonyl (C=O) groups excluding carboxylic acids is 1. The molecule has 1 saturated carbocycles. The van der Waals surface area contributed by atoms with E-state index in [0.717, 1.165) is 25.9 Å². The third-order valence-corrected chi connectivity index (χ3v) is 3.16. The molecular weight excluding hydrogens is 200 g/mol. The van der Waals surface area contributed by atoms with E-state index in [-0.39, 0.29) is 18.3 Å². The monoisotopic (exact) mass is 218 g/mol. The van der Waals surface area contributed by atoms with Gasteiger partial charge in [-0.3, -0.25) is 4.79 Å². The summed E-state index contributed by atoms with van der Waals surface area (Å²) >= 11 is 0. The van der Waals surface area contributed by atoms with Crippen LogP contribution in [-0.2, 0) is 4.79 Å². The van der Waals surface area contributed by atoms with E-state index in [1.165, 1.54) is 19.3 Å². The van der Waals surface area contributed by atoms with Gasteiger partial charge in [0.15, 0.2) is 0 Å². The quantitative estimate of drug-likeness (QED) is 0.728. The van der Waals surface area contributed by atoms with Gasteiger partial charge in [0.25, 0.3) is 0 Å². The molecule has 1 saturated heterocycles. The molecular formula is C10H19ClN2O. The molecule has 0 bridgehead atoms. The fourth-order valence-electron chi connectivity index (χ4n) is 1.96. The number of halogens is 1. The molecule has 0 aromatic carbocycles. The van der Waals surface area contributed by atoms with Crippen LogP contribution in [0.3, 0.4) is 0 Å². The lowest BCUT2D eigenvalue weighted by Gasteiger charge is -2.29. The topological polar surface area (TPSA) is 41.1 Å². The summed E-state index contributed by atoms with van der Waals surface area (Å²) in [5.41, 5.74) is 0. The van der Waals surface area contributed by atoms with Gasteiger partial charge in [-0.1, -0.05) is 0 Å². The number of hydrogen-bond donors (Lipinski definition) is 2. The first-order chi connectivity index (χ1) is 6.36. The Morgan fingerprint density at radius 2 is 1.79 bits per heavy atom. The third-order valence-electron chi connectivity index (χ3n) is 3.16. The van der Waals surface area contributed by atoms with Gasteiger partial charge in [-0.15, -0.1) is 12.4 Å². The van der Waals surface area contributed by atoms with Gasteiger partial charge in [0, 0.05) is 12.0 Å². The van der Waals surface area contributed by atoms with Crippen LogP contribution in [0.1, 0.15) is 32.1 Å². The van der Waals surface area contributed by atoms with Gasteiger partial charge in [-0.2, -0.15) is 0 Å². The number of nitrogens with one attached hydrogen (secondary N) is 2. The summed E-state index contributed by atoms with van der Waals surface area (Å²) in [7, 11) is 0. The highest BCUT2D eigenvalue weighted by molar-refractivity contribution is 5.85. The van der Waals surface area contributed by atoms with Crippen molar-refractivity contribution in [2.24, 2.45) is 5.92 Å². The van der Waals surface area contributed by atoms with Gasteiger partial charge in [-0.05, 0) is 45.2 Å². The van der Waals surface area contributed by atoms with Crippen molar-refractivity contribution in [3.63, 3.8) is 0 Å². The zero-order valence-corrected chi connectivity index (χ0v) is 9.24. The molecule has 2 N–H and O–H groups in total. The third kappa shape index (κ3) is 2.85. The van der Waals surface area contributed by atoms with E-state index in [0.29, 0.717) is 11.9 Å². The van der Waals surface area contributed by atoms with Crippen molar-refractivity contribution in [1.29, 1.82) is 0 Å². The molecule has 3 nitrogen and oxygen atoms in total. The molecule has 1 aliphatic heterocycles. The van der Waals surface area contributed by atoms with E-state index >= 15 is 0 Å². The number of hydrogen-bond acceptors (Lipinski definition) is 2. The Balaban J connectivity index is 0.000000980. The van der Waals surface area contributed by atoms with E-state index in [2.05, 4.69) is 10.6 Å². The molecule has 2 rings (SSSR count). The zero-order chi connectivity index (χ0) is 9.10. The molecule has 1 amide bonds. The predicted molar refractivity (Wildman–Crippen MR) is 58.6 cm³/mol. The van der Waals surface area contributed by atoms with Gasteiger partial charge < -0.3 is 10.6 Å². The minimum Gasteiger partial charge on any atom is -0.353 e. The smallest absolute Gasteiger partial charge is 0.223 e. The molecule has 0 atom stereocenters. The molecule has 0 unspecified atom stereocenters. The summed E-state index contributed by atoms with van der Waals surface area (Å²) in [5.74, 6) is 0.577. The van der Waals surface area contributed by atoms with E-state index < -0.39 is 0 Å². The van der Waals surface area contributed by atoms with Crippen molar-refractivity contribution < 1.29 is 4.79 Å². The molecule has 82 valence electrons. The standard InChI is InChI=1S/C10H18N2O.ClH/c13-10(12-9-2-1-3-9)8-4-6-11-7-5-8;/h8-9,11H,1-7H2,(H,12,13);1H. The Morgan fingerprint density at radius 1 is 1.14 bits per heavy atom. The highest BCUT2D eigenvalue weighted by Crippen LogP contribution is 2.20. The van der Waals surface area contributed by atoms with Crippen molar-refractivity contribution in [1.82, 2.24) is 10.6 Å². The van der Waals surface area contributed by atoms with Crippen molar-refractivity contribution in [2.45, 2.75) is 38.1 Å². The highest BCUT2D eigenvalue weighted by Gasteiger charge is 2.25. The summed E-state index contributed by atoms with van der Waals surface area (Å²) in [4.78, 5) is 11.7. The van der Waals surface area contributed by atoms with Crippen molar-refractivity contribution >= 4 is 18.3 Å². The first kappa shape index (κ1) is 11.8. The molecule has 0 aromatic heterocycles. The predicted octanol–water partition coefficient (Wildman–Crippen LogP) is 1.08. The zero-order valence-electron chi connectivity index (χ0n) is 8.42. The lowest BCUT2D eigenvalue weighted by molar-refractivity contribution is -0.127. The summed E-state index contributed by atoms with van der Waals surface area (Å²) in [5, 5.41) is 6.39. The Kier molecular flexibility index (Phi) is 4.69. The lowest BCUT2D eigenvalue weighted by atomic mass is 9.91. The van der Waals surface area contributed by atoms with Crippen LogP contribution in [0.2, 0.25) is 0 Å². The summed E-state index contributed by atoms with van der Waals surface area (Å²) in [6.07, 6.45) is 5.70. The number of piperidine rings is 1. The summed E-state index contributed by atoms with van der Waals surface area (Å²) in [6, 6.07) is 0.502. The average molecular weight is 219 g/mol. The molecule has 1 aliphatic carbocycles. The van der Waals surface area contributed by atoms with Gasteiger partial charge in [0.1, 0.15) is 0 Å². The van der Waals surface area contributed by atoms with Crippen LogP contribution in [-0.4, -0.2) is 25.0 Å². The largest absolute Gasteiger partial charge is 0.353 e. The molecule has 0 spiro atoms. The van der Waals surface area contributed by atoms with Crippen molar-refractivity contribution in [3.8, 4) is 0 Å². The van der Waals surface area contributed by atoms with Gasteiger partial charge in [-0.25, -0.2) is 0 Å². The molecule has 2 fully saturated rings. The van der Waals surface area contributed by atoms with Crippen LogP contribution in [0, 0.1) is 5.92 Å². The minimum atomic E-state index is 0. The van der Waals surface area contributed by atoms with Gasteiger partial charge >= 0.3 is 0 Å². The molecule has 2 aliphatic rings. The Morgan fingerprint density at radius 3 is 2.29 bits per heavy atom. The summed E-state index contributed by atoms with van der Waals surface area (Å²) < 4.78 is 0. The second-order valence-corrected chi connectivity index (χ2v) is 4.16. The Hall–Kier alpha value is -0.280. The van der Waals surface area contributed by atoms with Crippen LogP contribution in [0.25, 0.3) is 0 Å². The number of carbonyl (C=O) groups is 1. The van der Waals surface area contributed by atoms with E-state index in [1.807, 2.05) is 0 Å². The molecule has 0 aromatic rings. The normalized spacial score (nSPS) is 23.4. The Labute approximate surface area is 91.4 Å². The fourth-order valence-corrected chi connectivity index (χ4v) is 1.96. The SMILES string of the molecule is Cl.O=C(NC1CCC1)C1CCNCC1. The maximum Gasteiger partial charge on any atom is 0.223 e. The Bertz CT molecular complexity index is 189. The minimum absolute atomic E-state index is 0. The van der Waals surface area contributed by atoms with Gasteiger partial charge in [0.2, 0.25) is 5.91 Å². The number of rotatable bonds is 2. The lowest BCUT2D eigenvalue weighted by Crippen LogP contribution is -2.45. The molecule has 14 heavy (non-hydrogen) atoms. The van der Waals surface area contributed by atoms with E-state index in [4.69, 9.17) is 0 Å². The number of amides is 1. The molecule has 0 radical (unpaired) electrons. The molecule has 1 heterocycles. The van der Waals surface area contributed by atoms with Crippen LogP contribution in [0.5, 0.6) is 0 Å². The van der Waals surface area contributed by atoms with E-state index in [1.54, 1.807) is 0 Å². The van der Waals surface area contributed by atoms with Crippen LogP contribution in [0.4, 0.5) is 0 Å².